The summed E-state index contributed by atoms with van der Waals surface area (Å²) in [7, 11) is 0. The predicted molar refractivity (Wildman–Crippen MR) is 104 cm³/mol. The molecule has 0 unspecified atom stereocenters. The van der Waals surface area contributed by atoms with E-state index in [2.05, 4.69) is 49.5 Å². The number of ether oxygens (including phenoxy) is 2. The highest BCUT2D eigenvalue weighted by Crippen LogP contribution is 2.35. The lowest BCUT2D eigenvalue weighted by Crippen LogP contribution is -2.08. The molecule has 0 saturated heterocycles. The van der Waals surface area contributed by atoms with E-state index >= 15 is 0 Å². The number of hydrogen-bond donors (Lipinski definition) is 1. The maximum Gasteiger partial charge on any atom is 0.135 e. The van der Waals surface area contributed by atoms with E-state index in [1.165, 1.54) is 16.3 Å². The molecule has 0 aliphatic carbocycles. The van der Waals surface area contributed by atoms with Crippen molar-refractivity contribution in [2.45, 2.75) is 20.3 Å². The quantitative estimate of drug-likeness (QED) is 0.428. The zero-order chi connectivity index (χ0) is 17.1. The Balaban J connectivity index is 0.000000615. The predicted octanol–water partition coefficient (Wildman–Crippen LogP) is 5.74. The summed E-state index contributed by atoms with van der Waals surface area (Å²) < 4.78 is 11.5. The molecule has 2 nitrogen and oxygen atoms in total. The van der Waals surface area contributed by atoms with Crippen LogP contribution in [-0.4, -0.2) is 19.5 Å². The van der Waals surface area contributed by atoms with Crippen molar-refractivity contribution in [3.8, 4) is 5.75 Å². The molecule has 0 spiro atoms. The second-order valence-electron chi connectivity index (χ2n) is 4.54. The highest BCUT2D eigenvalue weighted by Gasteiger charge is 2.14. The van der Waals surface area contributed by atoms with Crippen molar-refractivity contribution in [3.05, 3.63) is 60.4 Å². The van der Waals surface area contributed by atoms with Gasteiger partial charge in [-0.05, 0) is 35.8 Å². The molecule has 2 aromatic carbocycles. The van der Waals surface area contributed by atoms with Gasteiger partial charge >= 0.3 is 0 Å². The lowest BCUT2D eigenvalue weighted by molar-refractivity contribution is 0.137. The average Bonchev–Trinajstić information content (AvgIpc) is 2.63. The fourth-order valence-corrected chi connectivity index (χ4v) is 2.29. The van der Waals surface area contributed by atoms with E-state index in [0.717, 1.165) is 17.9 Å². The maximum absolute atomic E-state index is 5.89. The third-order valence-electron chi connectivity index (χ3n) is 3.17. The molecule has 0 amide bonds. The molecular formula is C20H26O2S. The Kier molecular flexibility index (Phi) is 9.18. The van der Waals surface area contributed by atoms with Crippen LogP contribution in [0, 0.1) is 0 Å². The van der Waals surface area contributed by atoms with Crippen molar-refractivity contribution in [2.24, 2.45) is 0 Å². The maximum atomic E-state index is 5.89. The number of thiol groups is 1. The third-order valence-corrected chi connectivity index (χ3v) is 3.17. The van der Waals surface area contributed by atoms with Gasteiger partial charge in [-0.1, -0.05) is 50.3 Å². The molecule has 0 bridgehead atoms. The second kappa shape index (κ2) is 10.9. The fourth-order valence-electron chi connectivity index (χ4n) is 2.29. The Bertz CT molecular complexity index is 642. The largest absolute Gasteiger partial charge is 0.459 e. The van der Waals surface area contributed by atoms with Crippen LogP contribution in [0.3, 0.4) is 0 Å². The zero-order valence-electron chi connectivity index (χ0n) is 14.2. The Hall–Kier alpha value is -1.71. The highest BCUT2D eigenvalue weighted by molar-refractivity contribution is 7.79. The van der Waals surface area contributed by atoms with Gasteiger partial charge in [-0.25, -0.2) is 0 Å². The topological polar surface area (TPSA) is 18.5 Å². The first kappa shape index (κ1) is 19.3. The standard InChI is InChI=1S/C17H16O2.C2H6.CH4S/c1-2-3-10-18-12-15-11-14-8-4-6-13-7-5-9-16(19-15)17(13)14;2*1-2/h2,4-9,11H,1,3,10,12H2;1-2H3;2H,1H3. The van der Waals surface area contributed by atoms with Gasteiger partial charge in [-0.15, -0.1) is 6.58 Å². The first-order valence-corrected chi connectivity index (χ1v) is 8.81. The van der Waals surface area contributed by atoms with Crippen LogP contribution >= 0.6 is 12.6 Å². The molecular weight excluding hydrogens is 304 g/mol. The molecule has 124 valence electrons. The molecule has 3 heteroatoms. The highest BCUT2D eigenvalue weighted by atomic mass is 32.1. The van der Waals surface area contributed by atoms with E-state index in [4.69, 9.17) is 9.47 Å². The monoisotopic (exact) mass is 330 g/mol. The summed E-state index contributed by atoms with van der Waals surface area (Å²) >= 11 is 3.53. The summed E-state index contributed by atoms with van der Waals surface area (Å²) in [6, 6.07) is 12.4. The summed E-state index contributed by atoms with van der Waals surface area (Å²) in [4.78, 5) is 0. The van der Waals surface area contributed by atoms with E-state index in [0.29, 0.717) is 13.2 Å². The minimum atomic E-state index is 0.499. The molecule has 2 aromatic rings. The molecule has 23 heavy (non-hydrogen) atoms. The van der Waals surface area contributed by atoms with Crippen molar-refractivity contribution >= 4 is 29.5 Å². The number of hydrogen-bond acceptors (Lipinski definition) is 3. The molecule has 0 aromatic heterocycles. The fraction of sp³-hybridized carbons (Fsp3) is 0.300. The van der Waals surface area contributed by atoms with Gasteiger partial charge in [0, 0.05) is 5.39 Å². The van der Waals surface area contributed by atoms with Crippen molar-refractivity contribution in [1.82, 2.24) is 0 Å². The summed E-state index contributed by atoms with van der Waals surface area (Å²) in [5, 5.41) is 2.39. The lowest BCUT2D eigenvalue weighted by Gasteiger charge is -2.18. The third kappa shape index (κ3) is 5.15. The van der Waals surface area contributed by atoms with Gasteiger partial charge in [0.1, 0.15) is 18.1 Å². The Morgan fingerprint density at radius 2 is 1.83 bits per heavy atom. The summed E-state index contributed by atoms with van der Waals surface area (Å²) in [6.07, 6.45) is 6.47. The van der Waals surface area contributed by atoms with Crippen molar-refractivity contribution < 1.29 is 9.47 Å². The van der Waals surface area contributed by atoms with E-state index in [1.807, 2.05) is 32.1 Å². The van der Waals surface area contributed by atoms with E-state index in [-0.39, 0.29) is 0 Å². The smallest absolute Gasteiger partial charge is 0.135 e. The van der Waals surface area contributed by atoms with Crippen molar-refractivity contribution in [1.29, 1.82) is 0 Å². The Labute approximate surface area is 145 Å². The molecule has 0 atom stereocenters. The molecule has 0 radical (unpaired) electrons. The first-order chi connectivity index (χ1) is 11.4. The van der Waals surface area contributed by atoms with Crippen LogP contribution in [0.5, 0.6) is 5.75 Å². The van der Waals surface area contributed by atoms with Gasteiger partial charge in [0.15, 0.2) is 0 Å². The lowest BCUT2D eigenvalue weighted by atomic mass is 10.0. The average molecular weight is 330 g/mol. The van der Waals surface area contributed by atoms with Crippen molar-refractivity contribution in [3.63, 3.8) is 0 Å². The van der Waals surface area contributed by atoms with E-state index in [1.54, 1.807) is 6.26 Å². The number of benzene rings is 2. The van der Waals surface area contributed by atoms with Crippen LogP contribution in [-0.2, 0) is 4.74 Å². The van der Waals surface area contributed by atoms with Crippen LogP contribution in [0.4, 0.5) is 0 Å². The second-order valence-corrected chi connectivity index (χ2v) is 4.54. The Morgan fingerprint density at radius 1 is 1.13 bits per heavy atom. The zero-order valence-corrected chi connectivity index (χ0v) is 15.1. The van der Waals surface area contributed by atoms with Crippen LogP contribution in [0.1, 0.15) is 25.8 Å². The molecule has 0 saturated carbocycles. The van der Waals surface area contributed by atoms with Crippen LogP contribution in [0.25, 0.3) is 16.8 Å². The summed E-state index contributed by atoms with van der Waals surface area (Å²) in [6.45, 7) is 8.85. The normalized spacial score (nSPS) is 11.2. The SMILES string of the molecule is C=CCCOCC1=Cc2cccc3cccc(c23)O1.CC.CS. The molecule has 1 heterocycles. The molecule has 1 aliphatic rings. The number of rotatable bonds is 5. The molecule has 0 fully saturated rings. The van der Waals surface area contributed by atoms with Gasteiger partial charge in [0.05, 0.1) is 6.61 Å². The van der Waals surface area contributed by atoms with Crippen LogP contribution < -0.4 is 4.74 Å². The van der Waals surface area contributed by atoms with Gasteiger partial charge in [-0.2, -0.15) is 12.6 Å². The Morgan fingerprint density at radius 3 is 2.52 bits per heavy atom. The van der Waals surface area contributed by atoms with Gasteiger partial charge in [0.2, 0.25) is 0 Å². The minimum Gasteiger partial charge on any atom is -0.459 e. The summed E-state index contributed by atoms with van der Waals surface area (Å²) in [5.74, 6) is 1.77. The van der Waals surface area contributed by atoms with Crippen molar-refractivity contribution in [2.75, 3.05) is 19.5 Å². The van der Waals surface area contributed by atoms with Gasteiger partial charge < -0.3 is 9.47 Å². The van der Waals surface area contributed by atoms with Crippen LogP contribution in [0.15, 0.2) is 54.8 Å². The first-order valence-electron chi connectivity index (χ1n) is 7.92. The van der Waals surface area contributed by atoms with Gasteiger partial charge in [0.25, 0.3) is 0 Å². The van der Waals surface area contributed by atoms with Crippen LogP contribution in [0.2, 0.25) is 0 Å². The molecule has 0 N–H and O–H groups in total. The van der Waals surface area contributed by atoms with E-state index < -0.39 is 0 Å². The summed E-state index contributed by atoms with van der Waals surface area (Å²) in [5.41, 5.74) is 1.20. The molecule has 3 rings (SSSR count). The van der Waals surface area contributed by atoms with Gasteiger partial charge in [-0.3, -0.25) is 0 Å². The molecule has 1 aliphatic heterocycles. The van der Waals surface area contributed by atoms with E-state index in [9.17, 15) is 0 Å². The minimum absolute atomic E-state index is 0.499.